The zero-order chi connectivity index (χ0) is 11.6. The molecule has 90 valence electrons. The largest absolute Gasteiger partial charge is 0.394 e. The summed E-state index contributed by atoms with van der Waals surface area (Å²) >= 11 is 0. The van der Waals surface area contributed by atoms with E-state index in [4.69, 9.17) is 15.6 Å². The molecule has 0 amide bonds. The second-order valence-corrected chi connectivity index (χ2v) is 4.48. The van der Waals surface area contributed by atoms with Crippen LogP contribution in [-0.2, 0) is 11.3 Å². The standard InChI is InChI=1S/C11H19N3O2/c1-16-11(3-2-4-11)7-14-8-13-5-10(14)9(12)6-15/h5,8-9,15H,2-4,6-7,12H2,1H3. The van der Waals surface area contributed by atoms with Gasteiger partial charge in [-0.3, -0.25) is 0 Å². The van der Waals surface area contributed by atoms with Crippen molar-refractivity contribution in [3.05, 3.63) is 18.2 Å². The number of rotatable bonds is 5. The molecule has 0 bridgehead atoms. The fourth-order valence-corrected chi connectivity index (χ4v) is 2.17. The van der Waals surface area contributed by atoms with E-state index < -0.39 is 0 Å². The first-order valence-electron chi connectivity index (χ1n) is 5.62. The highest BCUT2D eigenvalue weighted by molar-refractivity contribution is 5.06. The molecule has 1 heterocycles. The second kappa shape index (κ2) is 4.53. The topological polar surface area (TPSA) is 73.3 Å². The minimum Gasteiger partial charge on any atom is -0.394 e. The van der Waals surface area contributed by atoms with Gasteiger partial charge in [0, 0.05) is 13.3 Å². The molecule has 3 N–H and O–H groups in total. The zero-order valence-electron chi connectivity index (χ0n) is 9.59. The van der Waals surface area contributed by atoms with Crippen molar-refractivity contribution in [1.82, 2.24) is 9.55 Å². The highest BCUT2D eigenvalue weighted by atomic mass is 16.5. The Kier molecular flexibility index (Phi) is 3.28. The lowest BCUT2D eigenvalue weighted by Crippen LogP contribution is -2.43. The molecule has 0 aliphatic heterocycles. The summed E-state index contributed by atoms with van der Waals surface area (Å²) in [6, 6.07) is -0.364. The van der Waals surface area contributed by atoms with E-state index in [-0.39, 0.29) is 18.2 Å². The molecule has 0 radical (unpaired) electrons. The van der Waals surface area contributed by atoms with Crippen LogP contribution in [0.1, 0.15) is 31.0 Å². The summed E-state index contributed by atoms with van der Waals surface area (Å²) < 4.78 is 7.55. The number of hydrogen-bond donors (Lipinski definition) is 2. The van der Waals surface area contributed by atoms with Crippen molar-refractivity contribution in [1.29, 1.82) is 0 Å². The van der Waals surface area contributed by atoms with Crippen LogP contribution in [0.25, 0.3) is 0 Å². The third-order valence-electron chi connectivity index (χ3n) is 3.48. The Hall–Kier alpha value is -0.910. The first kappa shape index (κ1) is 11.6. The van der Waals surface area contributed by atoms with Crippen LogP contribution in [0, 0.1) is 0 Å². The van der Waals surface area contributed by atoms with Gasteiger partial charge < -0.3 is 20.1 Å². The van der Waals surface area contributed by atoms with Gasteiger partial charge in [0.05, 0.1) is 36.8 Å². The summed E-state index contributed by atoms with van der Waals surface area (Å²) in [4.78, 5) is 4.08. The first-order chi connectivity index (χ1) is 7.71. The number of imidazole rings is 1. The van der Waals surface area contributed by atoms with E-state index in [0.717, 1.165) is 25.1 Å². The Bertz CT molecular complexity index is 341. The molecule has 0 spiro atoms. The van der Waals surface area contributed by atoms with Gasteiger partial charge in [-0.2, -0.15) is 0 Å². The number of aliphatic hydroxyl groups is 1. The highest BCUT2D eigenvalue weighted by Gasteiger charge is 2.37. The third kappa shape index (κ3) is 1.98. The normalized spacial score (nSPS) is 20.4. The lowest BCUT2D eigenvalue weighted by atomic mass is 9.80. The van der Waals surface area contributed by atoms with Crippen molar-refractivity contribution in [2.24, 2.45) is 5.73 Å². The smallest absolute Gasteiger partial charge is 0.0949 e. The van der Waals surface area contributed by atoms with Crippen LogP contribution in [-0.4, -0.2) is 34.0 Å². The van der Waals surface area contributed by atoms with Crippen LogP contribution in [0.5, 0.6) is 0 Å². The molecule has 1 unspecified atom stereocenters. The van der Waals surface area contributed by atoms with Crippen molar-refractivity contribution < 1.29 is 9.84 Å². The van der Waals surface area contributed by atoms with Gasteiger partial charge in [0.1, 0.15) is 0 Å². The van der Waals surface area contributed by atoms with Crippen LogP contribution < -0.4 is 5.73 Å². The number of ether oxygens (including phenoxy) is 1. The van der Waals surface area contributed by atoms with E-state index in [1.807, 2.05) is 4.57 Å². The molecule has 1 aliphatic rings. The summed E-state index contributed by atoms with van der Waals surface area (Å²) in [7, 11) is 1.75. The maximum absolute atomic E-state index is 9.06. The number of hydrogen-bond acceptors (Lipinski definition) is 4. The fraction of sp³-hybridized carbons (Fsp3) is 0.727. The van der Waals surface area contributed by atoms with Gasteiger partial charge in [-0.15, -0.1) is 0 Å². The lowest BCUT2D eigenvalue weighted by molar-refractivity contribution is -0.0841. The molecule has 1 aliphatic carbocycles. The van der Waals surface area contributed by atoms with E-state index in [2.05, 4.69) is 4.98 Å². The van der Waals surface area contributed by atoms with Gasteiger partial charge in [-0.1, -0.05) is 0 Å². The summed E-state index contributed by atoms with van der Waals surface area (Å²) in [6.07, 6.45) is 6.84. The molecule has 1 aromatic rings. The van der Waals surface area contributed by atoms with Gasteiger partial charge in [-0.05, 0) is 19.3 Å². The monoisotopic (exact) mass is 225 g/mol. The van der Waals surface area contributed by atoms with E-state index in [1.54, 1.807) is 19.6 Å². The molecule has 0 aromatic carbocycles. The Morgan fingerprint density at radius 3 is 2.94 bits per heavy atom. The van der Waals surface area contributed by atoms with Crippen molar-refractivity contribution in [2.75, 3.05) is 13.7 Å². The molecular formula is C11H19N3O2. The van der Waals surface area contributed by atoms with Gasteiger partial charge in [-0.25, -0.2) is 4.98 Å². The SMILES string of the molecule is COC1(Cn2cncc2C(N)CO)CCC1. The van der Waals surface area contributed by atoms with Crippen LogP contribution in [0.3, 0.4) is 0 Å². The molecule has 1 fully saturated rings. The molecule has 5 heteroatoms. The van der Waals surface area contributed by atoms with E-state index in [1.165, 1.54) is 6.42 Å². The summed E-state index contributed by atoms with van der Waals surface area (Å²) in [5, 5.41) is 9.06. The Labute approximate surface area is 95.2 Å². The lowest BCUT2D eigenvalue weighted by Gasteiger charge is -2.41. The summed E-state index contributed by atoms with van der Waals surface area (Å²) in [6.45, 7) is 0.707. The maximum Gasteiger partial charge on any atom is 0.0949 e. The Morgan fingerprint density at radius 2 is 2.44 bits per heavy atom. The minimum absolute atomic E-state index is 0.0510. The van der Waals surface area contributed by atoms with Gasteiger partial charge in [0.15, 0.2) is 0 Å². The molecule has 0 saturated heterocycles. The average molecular weight is 225 g/mol. The Morgan fingerprint density at radius 1 is 1.69 bits per heavy atom. The van der Waals surface area contributed by atoms with Crippen molar-refractivity contribution in [3.63, 3.8) is 0 Å². The van der Waals surface area contributed by atoms with Crippen LogP contribution >= 0.6 is 0 Å². The van der Waals surface area contributed by atoms with Crippen LogP contribution in [0.4, 0.5) is 0 Å². The molecule has 1 aromatic heterocycles. The Balaban J connectivity index is 2.12. The van der Waals surface area contributed by atoms with Crippen LogP contribution in [0.2, 0.25) is 0 Å². The number of nitrogens with two attached hydrogens (primary N) is 1. The van der Waals surface area contributed by atoms with Crippen LogP contribution in [0.15, 0.2) is 12.5 Å². The molecule has 1 atom stereocenters. The van der Waals surface area contributed by atoms with Crippen molar-refractivity contribution in [2.45, 2.75) is 37.5 Å². The molecule has 5 nitrogen and oxygen atoms in total. The number of nitrogens with zero attached hydrogens (tertiary/aromatic N) is 2. The fourth-order valence-electron chi connectivity index (χ4n) is 2.17. The zero-order valence-corrected chi connectivity index (χ0v) is 9.59. The van der Waals surface area contributed by atoms with E-state index in [9.17, 15) is 0 Å². The van der Waals surface area contributed by atoms with Crippen molar-refractivity contribution >= 4 is 0 Å². The van der Waals surface area contributed by atoms with E-state index >= 15 is 0 Å². The summed E-state index contributed by atoms with van der Waals surface area (Å²) in [5.41, 5.74) is 6.62. The predicted octanol–water partition coefficient (Wildman–Crippen LogP) is 0.444. The quantitative estimate of drug-likeness (QED) is 0.763. The minimum atomic E-state index is -0.364. The number of aromatic nitrogens is 2. The number of aliphatic hydroxyl groups excluding tert-OH is 1. The first-order valence-corrected chi connectivity index (χ1v) is 5.62. The third-order valence-corrected chi connectivity index (χ3v) is 3.48. The maximum atomic E-state index is 9.06. The average Bonchev–Trinajstić information content (AvgIpc) is 2.70. The predicted molar refractivity (Wildman–Crippen MR) is 59.8 cm³/mol. The molecule has 2 rings (SSSR count). The second-order valence-electron chi connectivity index (χ2n) is 4.48. The van der Waals surface area contributed by atoms with Gasteiger partial charge in [0.2, 0.25) is 0 Å². The van der Waals surface area contributed by atoms with Gasteiger partial charge in [0.25, 0.3) is 0 Å². The van der Waals surface area contributed by atoms with Crippen molar-refractivity contribution in [3.8, 4) is 0 Å². The summed E-state index contributed by atoms with van der Waals surface area (Å²) in [5.74, 6) is 0. The highest BCUT2D eigenvalue weighted by Crippen LogP contribution is 2.36. The molecular weight excluding hydrogens is 206 g/mol. The van der Waals surface area contributed by atoms with Gasteiger partial charge >= 0.3 is 0 Å². The number of methoxy groups -OCH3 is 1. The molecule has 1 saturated carbocycles. The van der Waals surface area contributed by atoms with E-state index in [0.29, 0.717) is 0 Å². The molecule has 16 heavy (non-hydrogen) atoms.